The lowest BCUT2D eigenvalue weighted by Crippen LogP contribution is -2.17. The van der Waals surface area contributed by atoms with E-state index in [4.69, 9.17) is 10.7 Å². The van der Waals surface area contributed by atoms with Gasteiger partial charge in [0.1, 0.15) is 5.82 Å². The van der Waals surface area contributed by atoms with E-state index in [9.17, 15) is 0 Å². The molecule has 0 unspecified atom stereocenters. The van der Waals surface area contributed by atoms with Crippen LogP contribution in [-0.2, 0) is 0 Å². The van der Waals surface area contributed by atoms with Gasteiger partial charge in [0.2, 0.25) is 0 Å². The number of hydrogen-bond donors (Lipinski definition) is 1. The Hall–Kier alpha value is -1.35. The summed E-state index contributed by atoms with van der Waals surface area (Å²) in [5.74, 6) is 1.03. The van der Waals surface area contributed by atoms with Gasteiger partial charge in [0.15, 0.2) is 0 Å². The van der Waals surface area contributed by atoms with Crippen LogP contribution < -0.4 is 5.73 Å². The molecule has 0 amide bonds. The van der Waals surface area contributed by atoms with E-state index in [0.29, 0.717) is 6.04 Å². The second-order valence-corrected chi connectivity index (χ2v) is 5.17. The van der Waals surface area contributed by atoms with Crippen LogP contribution >= 0.6 is 0 Å². The zero-order valence-corrected chi connectivity index (χ0v) is 11.6. The summed E-state index contributed by atoms with van der Waals surface area (Å²) < 4.78 is 2.27. The Morgan fingerprint density at radius 2 is 2.00 bits per heavy atom. The first-order valence-electron chi connectivity index (χ1n) is 6.87. The molecule has 0 fully saturated rings. The van der Waals surface area contributed by atoms with Crippen LogP contribution in [0.4, 0.5) is 0 Å². The minimum atomic E-state index is 0.0414. The molecule has 3 heteroatoms. The van der Waals surface area contributed by atoms with Crippen molar-refractivity contribution in [1.29, 1.82) is 0 Å². The highest BCUT2D eigenvalue weighted by Gasteiger charge is 2.17. The minimum Gasteiger partial charge on any atom is -0.324 e. The normalized spacial score (nSPS) is 13.4. The second-order valence-electron chi connectivity index (χ2n) is 5.17. The predicted molar refractivity (Wildman–Crippen MR) is 76.6 cm³/mol. The maximum absolute atomic E-state index is 6.30. The van der Waals surface area contributed by atoms with Crippen LogP contribution in [0.25, 0.3) is 11.0 Å². The lowest BCUT2D eigenvalue weighted by molar-refractivity contribution is 0.510. The third-order valence-electron chi connectivity index (χ3n) is 3.34. The van der Waals surface area contributed by atoms with Crippen molar-refractivity contribution in [2.45, 2.75) is 52.1 Å². The first-order valence-corrected chi connectivity index (χ1v) is 6.87. The molecule has 0 spiro atoms. The maximum atomic E-state index is 6.30. The monoisotopic (exact) mass is 245 g/mol. The Morgan fingerprint density at radius 1 is 1.28 bits per heavy atom. The molecular formula is C15H23N3. The average Bonchev–Trinajstić information content (AvgIpc) is 2.75. The van der Waals surface area contributed by atoms with Crippen molar-refractivity contribution >= 4 is 11.0 Å². The standard InChI is InChI=1S/C15H23N3/c1-4-5-8-12(16)15-17-13-9-6-7-10-14(13)18(15)11(2)3/h6-7,9-12H,4-5,8,16H2,1-3H3/t12-/m0/s1. The van der Waals surface area contributed by atoms with Crippen molar-refractivity contribution in [1.82, 2.24) is 9.55 Å². The quantitative estimate of drug-likeness (QED) is 0.870. The summed E-state index contributed by atoms with van der Waals surface area (Å²) in [6, 6.07) is 8.70. The molecule has 0 aliphatic carbocycles. The second kappa shape index (κ2) is 5.53. The van der Waals surface area contributed by atoms with Gasteiger partial charge < -0.3 is 10.3 Å². The lowest BCUT2D eigenvalue weighted by Gasteiger charge is -2.17. The van der Waals surface area contributed by atoms with Crippen molar-refractivity contribution in [3.05, 3.63) is 30.1 Å². The van der Waals surface area contributed by atoms with Crippen molar-refractivity contribution in [2.75, 3.05) is 0 Å². The molecule has 1 atom stereocenters. The summed E-state index contributed by atoms with van der Waals surface area (Å²) in [5.41, 5.74) is 8.54. The van der Waals surface area contributed by atoms with E-state index in [1.54, 1.807) is 0 Å². The largest absolute Gasteiger partial charge is 0.324 e. The summed E-state index contributed by atoms with van der Waals surface area (Å²) in [4.78, 5) is 4.72. The van der Waals surface area contributed by atoms with Crippen molar-refractivity contribution in [3.8, 4) is 0 Å². The van der Waals surface area contributed by atoms with Crippen LogP contribution in [0.5, 0.6) is 0 Å². The molecule has 0 bridgehead atoms. The molecule has 2 aromatic rings. The zero-order chi connectivity index (χ0) is 13.1. The number of hydrogen-bond acceptors (Lipinski definition) is 2. The van der Waals surface area contributed by atoms with Gasteiger partial charge in [-0.2, -0.15) is 0 Å². The fraction of sp³-hybridized carbons (Fsp3) is 0.533. The molecule has 2 rings (SSSR count). The van der Waals surface area contributed by atoms with E-state index in [-0.39, 0.29) is 6.04 Å². The topological polar surface area (TPSA) is 43.8 Å². The molecule has 1 aromatic heterocycles. The number of nitrogens with two attached hydrogens (primary N) is 1. The third-order valence-corrected chi connectivity index (χ3v) is 3.34. The number of unbranched alkanes of at least 4 members (excludes halogenated alkanes) is 1. The summed E-state index contributed by atoms with van der Waals surface area (Å²) in [7, 11) is 0. The van der Waals surface area contributed by atoms with Crippen LogP contribution in [0.15, 0.2) is 24.3 Å². The Labute approximate surface area is 109 Å². The van der Waals surface area contributed by atoms with Crippen molar-refractivity contribution < 1.29 is 0 Å². The Balaban J connectivity index is 2.45. The summed E-state index contributed by atoms with van der Waals surface area (Å²) in [5, 5.41) is 0. The molecule has 0 aliphatic heterocycles. The van der Waals surface area contributed by atoms with Gasteiger partial charge >= 0.3 is 0 Å². The van der Waals surface area contributed by atoms with Crippen molar-refractivity contribution in [3.63, 3.8) is 0 Å². The van der Waals surface area contributed by atoms with Crippen LogP contribution in [-0.4, -0.2) is 9.55 Å². The molecule has 0 aliphatic rings. The summed E-state index contributed by atoms with van der Waals surface area (Å²) in [6.45, 7) is 6.56. The molecular weight excluding hydrogens is 222 g/mol. The number of para-hydroxylation sites is 2. The van der Waals surface area contributed by atoms with Gasteiger partial charge in [-0.05, 0) is 32.4 Å². The van der Waals surface area contributed by atoms with E-state index in [1.165, 1.54) is 11.9 Å². The molecule has 3 nitrogen and oxygen atoms in total. The third kappa shape index (κ3) is 2.41. The number of nitrogens with zero attached hydrogens (tertiary/aromatic N) is 2. The van der Waals surface area contributed by atoms with Gasteiger partial charge in [0, 0.05) is 6.04 Å². The van der Waals surface area contributed by atoms with Crippen LogP contribution in [0.1, 0.15) is 57.9 Å². The van der Waals surface area contributed by atoms with Crippen LogP contribution in [0.2, 0.25) is 0 Å². The van der Waals surface area contributed by atoms with Gasteiger partial charge in [0.05, 0.1) is 17.1 Å². The summed E-state index contributed by atoms with van der Waals surface area (Å²) >= 11 is 0. The van der Waals surface area contributed by atoms with Gasteiger partial charge in [-0.15, -0.1) is 0 Å². The fourth-order valence-electron chi connectivity index (χ4n) is 2.42. The van der Waals surface area contributed by atoms with E-state index in [2.05, 4.69) is 43.5 Å². The first kappa shape index (κ1) is 13.1. The van der Waals surface area contributed by atoms with Gasteiger partial charge in [0.25, 0.3) is 0 Å². The number of benzene rings is 1. The molecule has 1 aromatic carbocycles. The SMILES string of the molecule is CCCC[C@H](N)c1nc2ccccc2n1C(C)C. The molecule has 0 radical (unpaired) electrons. The highest BCUT2D eigenvalue weighted by molar-refractivity contribution is 5.76. The van der Waals surface area contributed by atoms with Gasteiger partial charge in [-0.25, -0.2) is 4.98 Å². The minimum absolute atomic E-state index is 0.0414. The molecule has 18 heavy (non-hydrogen) atoms. The molecule has 0 saturated heterocycles. The van der Waals surface area contributed by atoms with E-state index >= 15 is 0 Å². The highest BCUT2D eigenvalue weighted by atomic mass is 15.1. The zero-order valence-electron chi connectivity index (χ0n) is 11.6. The average molecular weight is 245 g/mol. The highest BCUT2D eigenvalue weighted by Crippen LogP contribution is 2.26. The number of imidazole rings is 1. The molecule has 2 N–H and O–H groups in total. The summed E-state index contributed by atoms with van der Waals surface area (Å²) in [6.07, 6.45) is 3.34. The Bertz CT molecular complexity index is 513. The van der Waals surface area contributed by atoms with Gasteiger partial charge in [-0.3, -0.25) is 0 Å². The van der Waals surface area contributed by atoms with Crippen molar-refractivity contribution in [2.24, 2.45) is 5.73 Å². The lowest BCUT2D eigenvalue weighted by atomic mass is 10.1. The number of fused-ring (bicyclic) bond motifs is 1. The number of rotatable bonds is 5. The molecule has 98 valence electrons. The maximum Gasteiger partial charge on any atom is 0.127 e. The molecule has 1 heterocycles. The van der Waals surface area contributed by atoms with E-state index < -0.39 is 0 Å². The first-order chi connectivity index (χ1) is 8.65. The molecule has 0 saturated carbocycles. The Kier molecular flexibility index (Phi) is 4.02. The van der Waals surface area contributed by atoms with Gasteiger partial charge in [-0.1, -0.05) is 31.9 Å². The smallest absolute Gasteiger partial charge is 0.127 e. The van der Waals surface area contributed by atoms with Crippen LogP contribution in [0, 0.1) is 0 Å². The Morgan fingerprint density at radius 3 is 2.67 bits per heavy atom. The fourth-order valence-corrected chi connectivity index (χ4v) is 2.42. The predicted octanol–water partition coefficient (Wildman–Crippen LogP) is 3.81. The van der Waals surface area contributed by atoms with E-state index in [1.807, 2.05) is 6.07 Å². The van der Waals surface area contributed by atoms with E-state index in [0.717, 1.165) is 24.2 Å². The number of aromatic nitrogens is 2. The van der Waals surface area contributed by atoms with Crippen LogP contribution in [0.3, 0.4) is 0 Å².